The molecule has 3 aromatic rings. The molecule has 144 valence electrons. The van der Waals surface area contributed by atoms with E-state index < -0.39 is 0 Å². The first kappa shape index (κ1) is 20.5. The van der Waals surface area contributed by atoms with Crippen LogP contribution in [0.5, 0.6) is 11.5 Å². The Balaban J connectivity index is 1.85. The number of ether oxygens (including phenoxy) is 2. The van der Waals surface area contributed by atoms with Gasteiger partial charge in [0.25, 0.3) is 5.91 Å². The molecule has 0 saturated heterocycles. The van der Waals surface area contributed by atoms with E-state index in [4.69, 9.17) is 21.1 Å². The summed E-state index contributed by atoms with van der Waals surface area (Å²) in [5.41, 5.74) is 2.15. The second kappa shape index (κ2) is 9.80. The molecule has 6 heteroatoms. The third kappa shape index (κ3) is 5.39. The molecule has 0 aliphatic rings. The molecule has 28 heavy (non-hydrogen) atoms. The van der Waals surface area contributed by atoms with Crippen LogP contribution in [0.1, 0.15) is 22.8 Å². The normalized spacial score (nSPS) is 10.4. The lowest BCUT2D eigenvalue weighted by molar-refractivity contribution is 0.102. The first-order valence-corrected chi connectivity index (χ1v) is 10.2. The minimum Gasteiger partial charge on any atom is -0.489 e. The lowest BCUT2D eigenvalue weighted by Gasteiger charge is -2.15. The summed E-state index contributed by atoms with van der Waals surface area (Å²) in [7, 11) is 0. The number of anilines is 1. The van der Waals surface area contributed by atoms with Crippen molar-refractivity contribution in [3.63, 3.8) is 0 Å². The van der Waals surface area contributed by atoms with Crippen LogP contribution in [-0.2, 0) is 6.61 Å². The standard InChI is InChI=1S/C22H19ClINO3/c1-2-27-21-19(24)11-16(22(26)25-18-10-6-9-17(23)13-18)12-20(21)28-14-15-7-4-3-5-8-15/h3-13H,2,14H2,1H3,(H,25,26). The Bertz CT molecular complexity index is 963. The highest BCUT2D eigenvalue weighted by molar-refractivity contribution is 14.1. The van der Waals surface area contributed by atoms with Gasteiger partial charge in [-0.3, -0.25) is 4.79 Å². The lowest BCUT2D eigenvalue weighted by atomic mass is 10.1. The summed E-state index contributed by atoms with van der Waals surface area (Å²) in [6.07, 6.45) is 0. The number of benzene rings is 3. The zero-order chi connectivity index (χ0) is 19.9. The fourth-order valence-electron chi connectivity index (χ4n) is 2.60. The molecule has 0 unspecified atom stereocenters. The van der Waals surface area contributed by atoms with E-state index in [1.165, 1.54) is 0 Å². The molecule has 0 heterocycles. The molecule has 0 aromatic heterocycles. The van der Waals surface area contributed by atoms with Crippen LogP contribution in [0.4, 0.5) is 5.69 Å². The monoisotopic (exact) mass is 507 g/mol. The van der Waals surface area contributed by atoms with Crippen molar-refractivity contribution in [1.82, 2.24) is 0 Å². The highest BCUT2D eigenvalue weighted by Crippen LogP contribution is 2.35. The summed E-state index contributed by atoms with van der Waals surface area (Å²) in [6, 6.07) is 20.4. The third-order valence-corrected chi connectivity index (χ3v) is 4.92. The molecule has 0 atom stereocenters. The molecule has 0 radical (unpaired) electrons. The van der Waals surface area contributed by atoms with Crippen molar-refractivity contribution < 1.29 is 14.3 Å². The van der Waals surface area contributed by atoms with Crippen molar-refractivity contribution in [2.75, 3.05) is 11.9 Å². The molecule has 0 aliphatic carbocycles. The van der Waals surface area contributed by atoms with Crippen LogP contribution in [-0.4, -0.2) is 12.5 Å². The van der Waals surface area contributed by atoms with Gasteiger partial charge in [0.2, 0.25) is 0 Å². The SMILES string of the molecule is CCOc1c(I)cc(C(=O)Nc2cccc(Cl)c2)cc1OCc1ccccc1. The maximum absolute atomic E-state index is 12.7. The molecule has 1 amide bonds. The average molecular weight is 508 g/mol. The van der Waals surface area contributed by atoms with Gasteiger partial charge in [0, 0.05) is 16.3 Å². The van der Waals surface area contributed by atoms with Crippen LogP contribution in [0.25, 0.3) is 0 Å². The Morgan fingerprint density at radius 2 is 1.82 bits per heavy atom. The van der Waals surface area contributed by atoms with Gasteiger partial charge in [0.15, 0.2) is 11.5 Å². The number of carbonyl (C=O) groups excluding carboxylic acids is 1. The van der Waals surface area contributed by atoms with Crippen molar-refractivity contribution in [2.45, 2.75) is 13.5 Å². The zero-order valence-corrected chi connectivity index (χ0v) is 18.2. The van der Waals surface area contributed by atoms with Gasteiger partial charge in [-0.1, -0.05) is 48.0 Å². The highest BCUT2D eigenvalue weighted by Gasteiger charge is 2.16. The first-order valence-electron chi connectivity index (χ1n) is 8.77. The summed E-state index contributed by atoms with van der Waals surface area (Å²) in [5.74, 6) is 0.931. The topological polar surface area (TPSA) is 47.6 Å². The van der Waals surface area contributed by atoms with Crippen LogP contribution < -0.4 is 14.8 Å². The molecule has 0 bridgehead atoms. The van der Waals surface area contributed by atoms with Crippen LogP contribution in [0.15, 0.2) is 66.7 Å². The Morgan fingerprint density at radius 3 is 2.54 bits per heavy atom. The minimum absolute atomic E-state index is 0.243. The summed E-state index contributed by atoms with van der Waals surface area (Å²) in [4.78, 5) is 12.7. The number of hydrogen-bond acceptors (Lipinski definition) is 3. The van der Waals surface area contributed by atoms with Gasteiger partial charge in [-0.25, -0.2) is 0 Å². The Hall–Kier alpha value is -2.25. The van der Waals surface area contributed by atoms with Gasteiger partial charge in [-0.05, 0) is 65.4 Å². The molecular formula is C22H19ClINO3. The van der Waals surface area contributed by atoms with E-state index in [0.29, 0.717) is 41.0 Å². The van der Waals surface area contributed by atoms with E-state index in [-0.39, 0.29) is 5.91 Å². The van der Waals surface area contributed by atoms with E-state index in [2.05, 4.69) is 27.9 Å². The molecule has 4 nitrogen and oxygen atoms in total. The van der Waals surface area contributed by atoms with Crippen LogP contribution in [0, 0.1) is 3.57 Å². The van der Waals surface area contributed by atoms with Crippen molar-refractivity contribution >= 4 is 45.8 Å². The number of hydrogen-bond donors (Lipinski definition) is 1. The van der Waals surface area contributed by atoms with Crippen LogP contribution in [0.3, 0.4) is 0 Å². The third-order valence-electron chi connectivity index (χ3n) is 3.88. The quantitative estimate of drug-likeness (QED) is 0.389. The fraction of sp³-hybridized carbons (Fsp3) is 0.136. The molecule has 0 saturated carbocycles. The molecule has 3 aromatic carbocycles. The summed E-state index contributed by atoms with van der Waals surface area (Å²) in [6.45, 7) is 2.80. The Kier molecular flexibility index (Phi) is 7.17. The van der Waals surface area contributed by atoms with Crippen LogP contribution in [0.2, 0.25) is 5.02 Å². The number of nitrogens with one attached hydrogen (secondary N) is 1. The van der Waals surface area contributed by atoms with Gasteiger partial charge in [0.1, 0.15) is 6.61 Å². The van der Waals surface area contributed by atoms with Crippen molar-refractivity contribution in [3.8, 4) is 11.5 Å². The van der Waals surface area contributed by atoms with E-state index >= 15 is 0 Å². The molecule has 3 rings (SSSR count). The van der Waals surface area contributed by atoms with Crippen molar-refractivity contribution in [1.29, 1.82) is 0 Å². The fourth-order valence-corrected chi connectivity index (χ4v) is 3.54. The summed E-state index contributed by atoms with van der Waals surface area (Å²) in [5, 5.41) is 3.42. The predicted octanol–water partition coefficient (Wildman–Crippen LogP) is 6.17. The summed E-state index contributed by atoms with van der Waals surface area (Å²) < 4.78 is 12.5. The van der Waals surface area contributed by atoms with E-state index in [1.54, 1.807) is 36.4 Å². The van der Waals surface area contributed by atoms with Crippen molar-refractivity contribution in [3.05, 3.63) is 86.4 Å². The largest absolute Gasteiger partial charge is 0.489 e. The highest BCUT2D eigenvalue weighted by atomic mass is 127. The second-order valence-electron chi connectivity index (χ2n) is 5.96. The number of amides is 1. The minimum atomic E-state index is -0.243. The molecule has 0 aliphatic heterocycles. The van der Waals surface area contributed by atoms with Gasteiger partial charge in [-0.15, -0.1) is 0 Å². The lowest BCUT2D eigenvalue weighted by Crippen LogP contribution is -2.13. The van der Waals surface area contributed by atoms with E-state index in [9.17, 15) is 4.79 Å². The zero-order valence-electron chi connectivity index (χ0n) is 15.2. The maximum Gasteiger partial charge on any atom is 0.255 e. The van der Waals surface area contributed by atoms with Gasteiger partial charge < -0.3 is 14.8 Å². The van der Waals surface area contributed by atoms with Crippen molar-refractivity contribution in [2.24, 2.45) is 0 Å². The Labute approximate surface area is 183 Å². The Morgan fingerprint density at radius 1 is 1.04 bits per heavy atom. The number of rotatable bonds is 7. The maximum atomic E-state index is 12.7. The summed E-state index contributed by atoms with van der Waals surface area (Å²) >= 11 is 8.14. The second-order valence-corrected chi connectivity index (χ2v) is 7.56. The first-order chi connectivity index (χ1) is 13.6. The number of halogens is 2. The molecule has 0 fully saturated rings. The molecule has 0 spiro atoms. The molecular weight excluding hydrogens is 489 g/mol. The predicted molar refractivity (Wildman–Crippen MR) is 121 cm³/mol. The molecule has 1 N–H and O–H groups in total. The van der Waals surface area contributed by atoms with E-state index in [1.807, 2.05) is 37.3 Å². The van der Waals surface area contributed by atoms with Crippen LogP contribution >= 0.6 is 34.2 Å². The smallest absolute Gasteiger partial charge is 0.255 e. The van der Waals surface area contributed by atoms with Gasteiger partial charge in [-0.2, -0.15) is 0 Å². The van der Waals surface area contributed by atoms with Gasteiger partial charge >= 0.3 is 0 Å². The number of carbonyl (C=O) groups is 1. The average Bonchev–Trinajstić information content (AvgIpc) is 2.69. The van der Waals surface area contributed by atoms with Gasteiger partial charge in [0.05, 0.1) is 10.2 Å². The van der Waals surface area contributed by atoms with E-state index in [0.717, 1.165) is 9.13 Å².